The number of halogens is 2. The molecule has 3 nitrogen and oxygen atoms in total. The van der Waals surface area contributed by atoms with Gasteiger partial charge in [-0.2, -0.15) is 0 Å². The summed E-state index contributed by atoms with van der Waals surface area (Å²) in [5, 5.41) is 6.42. The van der Waals surface area contributed by atoms with E-state index in [2.05, 4.69) is 26.6 Å². The van der Waals surface area contributed by atoms with Crippen molar-refractivity contribution >= 4 is 39.1 Å². The summed E-state index contributed by atoms with van der Waals surface area (Å²) < 4.78 is 0.772. The van der Waals surface area contributed by atoms with E-state index in [1.165, 1.54) is 0 Å². The van der Waals surface area contributed by atoms with Crippen molar-refractivity contribution in [2.45, 2.75) is 6.92 Å². The molecule has 5 heteroatoms. The van der Waals surface area contributed by atoms with Gasteiger partial charge in [-0.1, -0.05) is 18.5 Å². The van der Waals surface area contributed by atoms with Crippen LogP contribution in [0.2, 0.25) is 5.02 Å². The van der Waals surface area contributed by atoms with Gasteiger partial charge in [-0.3, -0.25) is 4.79 Å². The Balaban J connectivity index is 2.66. The fourth-order valence-electron chi connectivity index (χ4n) is 1.24. The number of hydrogen-bond acceptors (Lipinski definition) is 2. The summed E-state index contributed by atoms with van der Waals surface area (Å²) in [7, 11) is 1.82. The molecule has 0 saturated carbocycles. The van der Waals surface area contributed by atoms with Crippen LogP contribution in [0.3, 0.4) is 0 Å². The lowest BCUT2D eigenvalue weighted by molar-refractivity contribution is -0.119. The summed E-state index contributed by atoms with van der Waals surface area (Å²) in [6.45, 7) is 2.53. The molecule has 0 aliphatic rings. The molecule has 88 valence electrons. The van der Waals surface area contributed by atoms with Crippen LogP contribution in [-0.4, -0.2) is 19.5 Å². The van der Waals surface area contributed by atoms with Crippen molar-refractivity contribution in [3.8, 4) is 0 Å². The summed E-state index contributed by atoms with van der Waals surface area (Å²) in [4.78, 5) is 11.7. The van der Waals surface area contributed by atoms with Crippen molar-refractivity contribution in [1.82, 2.24) is 5.32 Å². The molecule has 0 spiro atoms. The Bertz CT molecular complexity index is 384. The topological polar surface area (TPSA) is 41.1 Å². The molecule has 0 aliphatic carbocycles. The van der Waals surface area contributed by atoms with E-state index >= 15 is 0 Å². The van der Waals surface area contributed by atoms with Crippen LogP contribution in [0.25, 0.3) is 0 Å². The molecule has 0 fully saturated rings. The lowest BCUT2D eigenvalue weighted by atomic mass is 10.1. The second kappa shape index (κ2) is 6.23. The molecule has 1 aromatic carbocycles. The first kappa shape index (κ1) is 13.5. The molecular formula is C11H14BrClN2O. The van der Waals surface area contributed by atoms with Gasteiger partial charge in [-0.05, 0) is 41.2 Å². The molecule has 1 rings (SSSR count). The van der Waals surface area contributed by atoms with Crippen LogP contribution in [0.15, 0.2) is 22.7 Å². The molecule has 1 unspecified atom stereocenters. The van der Waals surface area contributed by atoms with Crippen LogP contribution in [0.1, 0.15) is 6.92 Å². The third kappa shape index (κ3) is 3.77. The number of nitrogens with one attached hydrogen (secondary N) is 2. The molecule has 0 bridgehead atoms. The van der Waals surface area contributed by atoms with Crippen molar-refractivity contribution in [2.75, 3.05) is 18.9 Å². The van der Waals surface area contributed by atoms with Gasteiger partial charge in [-0.15, -0.1) is 0 Å². The lowest BCUT2D eigenvalue weighted by Gasteiger charge is -2.11. The Morgan fingerprint density at radius 3 is 2.81 bits per heavy atom. The molecule has 16 heavy (non-hydrogen) atoms. The van der Waals surface area contributed by atoms with E-state index in [1.807, 2.05) is 14.0 Å². The highest BCUT2D eigenvalue weighted by molar-refractivity contribution is 9.10. The van der Waals surface area contributed by atoms with Gasteiger partial charge in [0.15, 0.2) is 0 Å². The zero-order valence-corrected chi connectivity index (χ0v) is 11.5. The Hall–Kier alpha value is -0.580. The molecule has 1 atom stereocenters. The van der Waals surface area contributed by atoms with E-state index in [4.69, 9.17) is 11.6 Å². The van der Waals surface area contributed by atoms with Gasteiger partial charge in [0.05, 0.1) is 5.02 Å². The highest BCUT2D eigenvalue weighted by Gasteiger charge is 2.12. The van der Waals surface area contributed by atoms with Crippen LogP contribution in [0, 0.1) is 5.92 Å². The van der Waals surface area contributed by atoms with E-state index in [0.717, 1.165) is 10.2 Å². The third-order valence-corrected chi connectivity index (χ3v) is 3.36. The zero-order chi connectivity index (χ0) is 12.1. The number of benzene rings is 1. The molecule has 2 N–H and O–H groups in total. The average Bonchev–Trinajstić information content (AvgIpc) is 2.24. The van der Waals surface area contributed by atoms with Crippen molar-refractivity contribution in [3.63, 3.8) is 0 Å². The van der Waals surface area contributed by atoms with Crippen LogP contribution < -0.4 is 10.6 Å². The molecule has 0 aliphatic heterocycles. The number of amides is 1. The van der Waals surface area contributed by atoms with Crippen molar-refractivity contribution < 1.29 is 4.79 Å². The summed E-state index contributed by atoms with van der Waals surface area (Å²) in [6, 6.07) is 5.30. The van der Waals surface area contributed by atoms with Crippen molar-refractivity contribution in [1.29, 1.82) is 0 Å². The number of anilines is 1. The molecule has 0 saturated heterocycles. The normalized spacial score (nSPS) is 12.2. The van der Waals surface area contributed by atoms with Crippen LogP contribution in [0.4, 0.5) is 5.69 Å². The van der Waals surface area contributed by atoms with Crippen LogP contribution in [0.5, 0.6) is 0 Å². The van der Waals surface area contributed by atoms with E-state index < -0.39 is 0 Å². The number of rotatable bonds is 4. The van der Waals surface area contributed by atoms with Crippen molar-refractivity contribution in [2.24, 2.45) is 5.92 Å². The predicted octanol–water partition coefficient (Wildman–Crippen LogP) is 2.90. The maximum absolute atomic E-state index is 11.7. The van der Waals surface area contributed by atoms with Crippen LogP contribution in [-0.2, 0) is 4.79 Å². The molecule has 0 radical (unpaired) electrons. The smallest absolute Gasteiger partial charge is 0.228 e. The fourth-order valence-corrected chi connectivity index (χ4v) is 1.73. The average molecular weight is 306 g/mol. The Kier molecular flexibility index (Phi) is 5.25. The predicted molar refractivity (Wildman–Crippen MR) is 70.9 cm³/mol. The third-order valence-electron chi connectivity index (χ3n) is 2.15. The quantitative estimate of drug-likeness (QED) is 0.898. The monoisotopic (exact) mass is 304 g/mol. The van der Waals surface area contributed by atoms with E-state index in [1.54, 1.807) is 18.2 Å². The SMILES string of the molecule is CNCC(C)C(=O)Nc1ccc(Cl)c(Br)c1. The fraction of sp³-hybridized carbons (Fsp3) is 0.364. The summed E-state index contributed by atoms with van der Waals surface area (Å²) in [5.41, 5.74) is 0.740. The highest BCUT2D eigenvalue weighted by Crippen LogP contribution is 2.25. The number of carbonyl (C=O) groups excluding carboxylic acids is 1. The first-order chi connectivity index (χ1) is 7.54. The summed E-state index contributed by atoms with van der Waals surface area (Å²) in [6.07, 6.45) is 0. The highest BCUT2D eigenvalue weighted by atomic mass is 79.9. The van der Waals surface area contributed by atoms with Gasteiger partial charge >= 0.3 is 0 Å². The number of hydrogen-bond donors (Lipinski definition) is 2. The second-order valence-electron chi connectivity index (χ2n) is 3.58. The minimum Gasteiger partial charge on any atom is -0.326 e. The number of carbonyl (C=O) groups is 1. The Morgan fingerprint density at radius 1 is 1.56 bits per heavy atom. The summed E-state index contributed by atoms with van der Waals surface area (Å²) >= 11 is 9.17. The molecule has 1 amide bonds. The minimum absolute atomic E-state index is 0.0106. The van der Waals surface area contributed by atoms with Gasteiger partial charge in [0, 0.05) is 22.6 Å². The summed E-state index contributed by atoms with van der Waals surface area (Å²) in [5.74, 6) is -0.0805. The second-order valence-corrected chi connectivity index (χ2v) is 4.84. The van der Waals surface area contributed by atoms with E-state index in [9.17, 15) is 4.79 Å². The van der Waals surface area contributed by atoms with Gasteiger partial charge < -0.3 is 10.6 Å². The van der Waals surface area contributed by atoms with Gasteiger partial charge in [-0.25, -0.2) is 0 Å². The van der Waals surface area contributed by atoms with Crippen molar-refractivity contribution in [3.05, 3.63) is 27.7 Å². The Labute approximate surface area is 109 Å². The molecule has 0 heterocycles. The lowest BCUT2D eigenvalue weighted by Crippen LogP contribution is -2.28. The molecular weight excluding hydrogens is 291 g/mol. The standard InChI is InChI=1S/C11H14BrClN2O/c1-7(6-14-2)11(16)15-8-3-4-10(13)9(12)5-8/h3-5,7,14H,6H2,1-2H3,(H,15,16). The van der Waals surface area contributed by atoms with E-state index in [-0.39, 0.29) is 11.8 Å². The first-order valence-corrected chi connectivity index (χ1v) is 6.12. The molecule has 0 aromatic heterocycles. The largest absolute Gasteiger partial charge is 0.326 e. The minimum atomic E-state index is -0.0700. The van der Waals surface area contributed by atoms with Crippen LogP contribution >= 0.6 is 27.5 Å². The zero-order valence-electron chi connectivity index (χ0n) is 9.18. The Morgan fingerprint density at radius 2 is 2.25 bits per heavy atom. The molecule has 1 aromatic rings. The first-order valence-electron chi connectivity index (χ1n) is 4.95. The van der Waals surface area contributed by atoms with Gasteiger partial charge in [0.1, 0.15) is 0 Å². The van der Waals surface area contributed by atoms with Gasteiger partial charge in [0.25, 0.3) is 0 Å². The maximum atomic E-state index is 11.7. The maximum Gasteiger partial charge on any atom is 0.228 e. The van der Waals surface area contributed by atoms with Gasteiger partial charge in [0.2, 0.25) is 5.91 Å². The van der Waals surface area contributed by atoms with E-state index in [0.29, 0.717) is 11.6 Å².